The lowest BCUT2D eigenvalue weighted by atomic mass is 10.6. The zero-order valence-electron chi connectivity index (χ0n) is 7.82. The molecule has 0 aromatic carbocycles. The summed E-state index contributed by atoms with van der Waals surface area (Å²) < 4.78 is 5.94. The Kier molecular flexibility index (Phi) is 2.59. The van der Waals surface area contributed by atoms with Gasteiger partial charge in [0, 0.05) is 0 Å². The number of fused-ring (bicyclic) bond motifs is 1. The highest BCUT2D eigenvalue weighted by Crippen LogP contribution is 2.01. The van der Waals surface area contributed by atoms with Gasteiger partial charge in [-0.2, -0.15) is 0 Å². The summed E-state index contributed by atoms with van der Waals surface area (Å²) in [7, 11) is 0. The Morgan fingerprint density at radius 2 is 2.00 bits per heavy atom. The third kappa shape index (κ3) is 2.11. The first-order valence-corrected chi connectivity index (χ1v) is 4.23. The Morgan fingerprint density at radius 1 is 1.20 bits per heavy atom. The van der Waals surface area contributed by atoms with Crippen LogP contribution in [-0.2, 0) is 0 Å². The average molecular weight is 203 g/mol. The average Bonchev–Trinajstić information content (AvgIpc) is 2.92. The maximum Gasteiger partial charge on any atom is 0.181 e. The number of hydrogen-bond acceptors (Lipinski definition) is 5. The zero-order chi connectivity index (χ0) is 10.5. The molecule has 76 valence electrons. The van der Waals surface area contributed by atoms with Gasteiger partial charge < -0.3 is 10.3 Å². The molecule has 0 aliphatic carbocycles. The predicted octanol–water partition coefficient (Wildman–Crippen LogP) is 0.820. The molecular weight excluding hydrogens is 194 g/mol. The fourth-order valence-corrected chi connectivity index (χ4v) is 1.01. The van der Waals surface area contributed by atoms with Gasteiger partial charge in [-0.1, -0.05) is 0 Å². The molecule has 0 radical (unpaired) electrons. The maximum absolute atomic E-state index is 5.44. The molecule has 0 atom stereocenters. The monoisotopic (exact) mass is 203 g/mol. The van der Waals surface area contributed by atoms with Crippen LogP contribution in [0.3, 0.4) is 0 Å². The Balaban J connectivity index is 0.000000144. The molecule has 0 spiro atoms. The van der Waals surface area contributed by atoms with Crippen molar-refractivity contribution in [1.82, 2.24) is 19.6 Å². The van der Waals surface area contributed by atoms with Crippen molar-refractivity contribution in [3.8, 4) is 0 Å². The Hall–Kier alpha value is -2.37. The topological polar surface area (TPSA) is 82.8 Å². The van der Waals surface area contributed by atoms with Crippen LogP contribution in [0.1, 0.15) is 0 Å². The molecule has 0 amide bonds. The molecule has 3 heterocycles. The molecule has 6 heteroatoms. The number of imidazole rings is 1. The molecule has 3 rings (SSSR count). The van der Waals surface area contributed by atoms with Crippen molar-refractivity contribution in [1.29, 1.82) is 0 Å². The summed E-state index contributed by atoms with van der Waals surface area (Å²) in [6.07, 6.45) is 7.80. The van der Waals surface area contributed by atoms with Gasteiger partial charge in [-0.15, -0.1) is 0 Å². The van der Waals surface area contributed by atoms with Crippen LogP contribution < -0.4 is 5.84 Å². The van der Waals surface area contributed by atoms with Crippen molar-refractivity contribution in [2.24, 2.45) is 0 Å². The van der Waals surface area contributed by atoms with Crippen LogP contribution in [0.5, 0.6) is 0 Å². The molecule has 0 aliphatic heterocycles. The maximum atomic E-state index is 5.44. The molecule has 0 unspecified atom stereocenters. The number of nitrogen functional groups attached to an aromatic ring is 1. The van der Waals surface area contributed by atoms with E-state index in [4.69, 9.17) is 5.84 Å². The first kappa shape index (κ1) is 9.20. The van der Waals surface area contributed by atoms with E-state index in [9.17, 15) is 0 Å². The first-order chi connectivity index (χ1) is 7.38. The number of hydrogen-bond donors (Lipinski definition) is 1. The number of furan rings is 1. The van der Waals surface area contributed by atoms with E-state index in [1.165, 1.54) is 17.3 Å². The number of nitrogens with two attached hydrogens (primary N) is 1. The normalized spacial score (nSPS) is 9.60. The number of rotatable bonds is 0. The van der Waals surface area contributed by atoms with Gasteiger partial charge in [0.05, 0.1) is 18.7 Å². The second-order valence-corrected chi connectivity index (χ2v) is 2.68. The minimum Gasteiger partial charge on any atom is -0.473 e. The molecule has 3 aromatic rings. The molecule has 0 bridgehead atoms. The zero-order valence-corrected chi connectivity index (χ0v) is 7.82. The Labute approximate surface area is 85.4 Å². The quantitative estimate of drug-likeness (QED) is 0.547. The largest absolute Gasteiger partial charge is 0.473 e. The van der Waals surface area contributed by atoms with Crippen LogP contribution in [0, 0.1) is 0 Å². The lowest BCUT2D eigenvalue weighted by Crippen LogP contribution is -2.06. The summed E-state index contributed by atoms with van der Waals surface area (Å²) in [6, 6.07) is 3.67. The second kappa shape index (κ2) is 4.23. The van der Waals surface area contributed by atoms with Crippen molar-refractivity contribution in [2.75, 3.05) is 5.84 Å². The fraction of sp³-hybridized carbons (Fsp3) is 0. The molecule has 0 aliphatic rings. The summed E-state index contributed by atoms with van der Waals surface area (Å²) in [5.74, 6) is 5.44. The molecular formula is C9H9N5O. The summed E-state index contributed by atoms with van der Waals surface area (Å²) >= 11 is 0. The number of nitrogens with zero attached hydrogens (tertiary/aromatic N) is 4. The molecule has 3 aromatic heterocycles. The van der Waals surface area contributed by atoms with Crippen molar-refractivity contribution < 1.29 is 4.42 Å². The highest BCUT2D eigenvalue weighted by molar-refractivity contribution is 5.68. The smallest absolute Gasteiger partial charge is 0.181 e. The summed E-state index contributed by atoms with van der Waals surface area (Å²) in [6.45, 7) is 0. The van der Waals surface area contributed by atoms with Gasteiger partial charge in [-0.05, 0) is 12.1 Å². The van der Waals surface area contributed by atoms with Gasteiger partial charge in [-0.3, -0.25) is 0 Å². The lowest BCUT2D eigenvalue weighted by Gasteiger charge is -1.88. The van der Waals surface area contributed by atoms with Gasteiger partial charge in [0.2, 0.25) is 0 Å². The van der Waals surface area contributed by atoms with Crippen molar-refractivity contribution in [3.05, 3.63) is 43.5 Å². The highest BCUT2D eigenvalue weighted by Gasteiger charge is 1.97. The summed E-state index contributed by atoms with van der Waals surface area (Å²) in [5, 5.41) is 0. The van der Waals surface area contributed by atoms with E-state index in [2.05, 4.69) is 19.4 Å². The minimum atomic E-state index is 0.648. The predicted molar refractivity (Wildman–Crippen MR) is 54.2 cm³/mol. The standard InChI is InChI=1S/C5H5N5.C4H4O/c6-10-3-9-4-1-7-2-8-5(4)10;1-2-4-5-3-1/h1-3H,6H2;1-4H. The summed E-state index contributed by atoms with van der Waals surface area (Å²) in [4.78, 5) is 11.6. The molecule has 0 saturated heterocycles. The minimum absolute atomic E-state index is 0.648. The molecule has 2 N–H and O–H groups in total. The van der Waals surface area contributed by atoms with Gasteiger partial charge in [0.15, 0.2) is 5.65 Å². The molecule has 15 heavy (non-hydrogen) atoms. The van der Waals surface area contributed by atoms with Gasteiger partial charge >= 0.3 is 0 Å². The van der Waals surface area contributed by atoms with E-state index in [-0.39, 0.29) is 0 Å². The van der Waals surface area contributed by atoms with Crippen molar-refractivity contribution in [2.45, 2.75) is 0 Å². The third-order valence-electron chi connectivity index (χ3n) is 1.66. The third-order valence-corrected chi connectivity index (χ3v) is 1.66. The van der Waals surface area contributed by atoms with Crippen molar-refractivity contribution in [3.63, 3.8) is 0 Å². The van der Waals surface area contributed by atoms with E-state index in [0.717, 1.165) is 0 Å². The first-order valence-electron chi connectivity index (χ1n) is 4.23. The van der Waals surface area contributed by atoms with E-state index in [0.29, 0.717) is 11.2 Å². The molecule has 0 saturated carbocycles. The van der Waals surface area contributed by atoms with Crippen LogP contribution in [0.2, 0.25) is 0 Å². The van der Waals surface area contributed by atoms with Crippen LogP contribution in [0.15, 0.2) is 47.9 Å². The van der Waals surface area contributed by atoms with E-state index < -0.39 is 0 Å². The second-order valence-electron chi connectivity index (χ2n) is 2.68. The summed E-state index contributed by atoms with van der Waals surface area (Å²) in [5.41, 5.74) is 1.36. The highest BCUT2D eigenvalue weighted by atomic mass is 16.3. The van der Waals surface area contributed by atoms with Crippen molar-refractivity contribution >= 4 is 11.2 Å². The fourth-order valence-electron chi connectivity index (χ4n) is 1.01. The van der Waals surface area contributed by atoms with Crippen LogP contribution in [0.25, 0.3) is 11.2 Å². The molecule has 0 fully saturated rings. The van der Waals surface area contributed by atoms with Crippen LogP contribution >= 0.6 is 0 Å². The van der Waals surface area contributed by atoms with E-state index in [1.54, 1.807) is 18.7 Å². The SMILES string of the molecule is Nn1cnc2cncnc21.c1ccoc1. The molecule has 6 nitrogen and oxygen atoms in total. The lowest BCUT2D eigenvalue weighted by molar-refractivity contribution is 0.567. The van der Waals surface area contributed by atoms with E-state index in [1.807, 2.05) is 12.1 Å². The van der Waals surface area contributed by atoms with Crippen LogP contribution in [0.4, 0.5) is 0 Å². The van der Waals surface area contributed by atoms with Gasteiger partial charge in [0.25, 0.3) is 0 Å². The van der Waals surface area contributed by atoms with Crippen LogP contribution in [-0.4, -0.2) is 19.6 Å². The van der Waals surface area contributed by atoms with E-state index >= 15 is 0 Å². The van der Waals surface area contributed by atoms with Gasteiger partial charge in [-0.25, -0.2) is 19.6 Å². The Morgan fingerprint density at radius 3 is 2.60 bits per heavy atom. The Bertz CT molecular complexity index is 499. The number of aromatic nitrogens is 4. The van der Waals surface area contributed by atoms with Gasteiger partial charge in [0.1, 0.15) is 18.2 Å².